The fraction of sp³-hybridized carbons (Fsp3) is 0.909. The third kappa shape index (κ3) is 6.66. The van der Waals surface area contributed by atoms with Crippen molar-refractivity contribution in [2.24, 2.45) is 0 Å². The van der Waals surface area contributed by atoms with Crippen molar-refractivity contribution in [1.82, 2.24) is 4.90 Å². The van der Waals surface area contributed by atoms with Gasteiger partial charge in [-0.15, -0.1) is 0 Å². The Labute approximate surface area is 78.1 Å². The minimum atomic E-state index is 1.05. The summed E-state index contributed by atoms with van der Waals surface area (Å²) in [6, 6.07) is 0. The predicted molar refractivity (Wildman–Crippen MR) is 56.2 cm³/mol. The van der Waals surface area contributed by atoms with Crippen LogP contribution in [-0.2, 0) is 0 Å². The molecule has 0 heterocycles. The molecule has 0 aliphatic heterocycles. The first-order chi connectivity index (χ1) is 5.85. The maximum absolute atomic E-state index is 3.90. The minimum absolute atomic E-state index is 1.05. The number of nitrogens with zero attached hydrogens (tertiary/aromatic N) is 1. The van der Waals surface area contributed by atoms with E-state index in [2.05, 4.69) is 25.7 Å². The lowest BCUT2D eigenvalue weighted by atomic mass is 10.2. The van der Waals surface area contributed by atoms with Crippen LogP contribution < -0.4 is 0 Å². The van der Waals surface area contributed by atoms with Gasteiger partial charge >= 0.3 is 0 Å². The molecular weight excluding hydrogens is 146 g/mol. The summed E-state index contributed by atoms with van der Waals surface area (Å²) in [5.74, 6) is 0. The second kappa shape index (κ2) is 9.05. The summed E-state index contributed by atoms with van der Waals surface area (Å²) in [6.45, 7) is 12.1. The van der Waals surface area contributed by atoms with E-state index >= 15 is 0 Å². The molecule has 0 N–H and O–H groups in total. The molecule has 0 saturated carbocycles. The number of hydrogen-bond acceptors (Lipinski definition) is 1. The summed E-state index contributed by atoms with van der Waals surface area (Å²) in [7, 11) is 0. The van der Waals surface area contributed by atoms with Crippen molar-refractivity contribution in [3.8, 4) is 0 Å². The number of unbranched alkanes of at least 4 members (excludes halogenated alkanes) is 2. The van der Waals surface area contributed by atoms with E-state index in [4.69, 9.17) is 0 Å². The minimum Gasteiger partial charge on any atom is -0.303 e. The molecule has 0 bridgehead atoms. The molecule has 0 aliphatic rings. The fourth-order valence-corrected chi connectivity index (χ4v) is 1.32. The lowest BCUT2D eigenvalue weighted by Crippen LogP contribution is -2.26. The van der Waals surface area contributed by atoms with E-state index in [0.717, 1.165) is 6.42 Å². The summed E-state index contributed by atoms with van der Waals surface area (Å²) in [4.78, 5) is 2.54. The molecule has 0 spiro atoms. The van der Waals surface area contributed by atoms with Crippen molar-refractivity contribution >= 4 is 0 Å². The zero-order chi connectivity index (χ0) is 9.23. The lowest BCUT2D eigenvalue weighted by molar-refractivity contribution is 0.270. The van der Waals surface area contributed by atoms with Crippen LogP contribution in [0.4, 0.5) is 0 Å². The Balaban J connectivity index is 3.40. The molecule has 0 aromatic heterocycles. The van der Waals surface area contributed by atoms with E-state index < -0.39 is 0 Å². The van der Waals surface area contributed by atoms with Crippen molar-refractivity contribution in [3.63, 3.8) is 0 Å². The fourth-order valence-electron chi connectivity index (χ4n) is 1.32. The van der Waals surface area contributed by atoms with Gasteiger partial charge in [-0.3, -0.25) is 0 Å². The zero-order valence-corrected chi connectivity index (χ0v) is 8.81. The molecule has 0 rings (SSSR count). The molecule has 1 heteroatoms. The van der Waals surface area contributed by atoms with Crippen molar-refractivity contribution in [1.29, 1.82) is 0 Å². The van der Waals surface area contributed by atoms with Crippen molar-refractivity contribution in [2.45, 2.75) is 46.0 Å². The summed E-state index contributed by atoms with van der Waals surface area (Å²) in [5, 5.41) is 0. The summed E-state index contributed by atoms with van der Waals surface area (Å²) >= 11 is 0. The Morgan fingerprint density at radius 1 is 0.917 bits per heavy atom. The van der Waals surface area contributed by atoms with Gasteiger partial charge in [0.15, 0.2) is 0 Å². The van der Waals surface area contributed by atoms with Gasteiger partial charge in [-0.25, -0.2) is 0 Å². The molecule has 0 saturated heterocycles. The van der Waals surface area contributed by atoms with Crippen LogP contribution in [0.1, 0.15) is 46.0 Å². The van der Waals surface area contributed by atoms with Crippen LogP contribution in [0.5, 0.6) is 0 Å². The molecule has 0 aromatic rings. The first-order valence-corrected chi connectivity index (χ1v) is 5.36. The van der Waals surface area contributed by atoms with E-state index in [0.29, 0.717) is 0 Å². The second-order valence-corrected chi connectivity index (χ2v) is 3.40. The van der Waals surface area contributed by atoms with E-state index in [9.17, 15) is 0 Å². The van der Waals surface area contributed by atoms with E-state index in [-0.39, 0.29) is 0 Å². The maximum atomic E-state index is 3.90. The van der Waals surface area contributed by atoms with Crippen LogP contribution in [-0.4, -0.2) is 24.5 Å². The normalized spacial score (nSPS) is 11.0. The zero-order valence-electron chi connectivity index (χ0n) is 8.81. The quantitative estimate of drug-likeness (QED) is 0.541. The number of rotatable bonds is 8. The Hall–Kier alpha value is -0.0400. The Morgan fingerprint density at radius 3 is 1.75 bits per heavy atom. The van der Waals surface area contributed by atoms with Crippen molar-refractivity contribution in [3.05, 3.63) is 6.92 Å². The van der Waals surface area contributed by atoms with Crippen LogP contribution in [0, 0.1) is 6.92 Å². The molecular formula is C11H24N. The van der Waals surface area contributed by atoms with Gasteiger partial charge in [0.1, 0.15) is 0 Å². The Morgan fingerprint density at radius 2 is 1.42 bits per heavy atom. The van der Waals surface area contributed by atoms with Gasteiger partial charge in [-0.05, 0) is 38.9 Å². The smallest absolute Gasteiger partial charge is 0.00187 e. The predicted octanol–water partition coefficient (Wildman–Crippen LogP) is 3.11. The summed E-state index contributed by atoms with van der Waals surface area (Å²) < 4.78 is 0. The molecule has 1 radical (unpaired) electrons. The third-order valence-corrected chi connectivity index (χ3v) is 2.13. The van der Waals surface area contributed by atoms with Gasteiger partial charge < -0.3 is 4.90 Å². The maximum Gasteiger partial charge on any atom is -0.00187 e. The topological polar surface area (TPSA) is 3.24 Å². The van der Waals surface area contributed by atoms with Crippen LogP contribution in [0.15, 0.2) is 0 Å². The first kappa shape index (κ1) is 12.0. The van der Waals surface area contributed by atoms with Crippen LogP contribution >= 0.6 is 0 Å². The van der Waals surface area contributed by atoms with Crippen molar-refractivity contribution < 1.29 is 0 Å². The van der Waals surface area contributed by atoms with Gasteiger partial charge in [0, 0.05) is 0 Å². The Kier molecular flexibility index (Phi) is 9.02. The van der Waals surface area contributed by atoms with Gasteiger partial charge in [0.25, 0.3) is 0 Å². The molecule has 0 atom stereocenters. The van der Waals surface area contributed by atoms with Gasteiger partial charge in [-0.1, -0.05) is 33.6 Å². The van der Waals surface area contributed by atoms with Crippen LogP contribution in [0.2, 0.25) is 0 Å². The average Bonchev–Trinajstić information content (AvgIpc) is 2.10. The monoisotopic (exact) mass is 170 g/mol. The Bertz CT molecular complexity index is 73.1. The molecule has 0 amide bonds. The first-order valence-electron chi connectivity index (χ1n) is 5.36. The molecule has 0 unspecified atom stereocenters. The SMILES string of the molecule is [CH2]CCN(CCCC)CCCC. The second-order valence-electron chi connectivity index (χ2n) is 3.40. The molecule has 0 aliphatic carbocycles. The summed E-state index contributed by atoms with van der Waals surface area (Å²) in [5.41, 5.74) is 0. The van der Waals surface area contributed by atoms with E-state index in [1.165, 1.54) is 45.3 Å². The van der Waals surface area contributed by atoms with Crippen LogP contribution in [0.25, 0.3) is 0 Å². The average molecular weight is 170 g/mol. The highest BCUT2D eigenvalue weighted by Crippen LogP contribution is 1.99. The third-order valence-electron chi connectivity index (χ3n) is 2.13. The van der Waals surface area contributed by atoms with Crippen molar-refractivity contribution in [2.75, 3.05) is 19.6 Å². The number of hydrogen-bond donors (Lipinski definition) is 0. The van der Waals surface area contributed by atoms with E-state index in [1.807, 2.05) is 0 Å². The van der Waals surface area contributed by atoms with Gasteiger partial charge in [0.2, 0.25) is 0 Å². The van der Waals surface area contributed by atoms with E-state index in [1.54, 1.807) is 0 Å². The largest absolute Gasteiger partial charge is 0.303 e. The van der Waals surface area contributed by atoms with Gasteiger partial charge in [0.05, 0.1) is 0 Å². The molecule has 1 nitrogen and oxygen atoms in total. The van der Waals surface area contributed by atoms with Gasteiger partial charge in [-0.2, -0.15) is 0 Å². The highest BCUT2D eigenvalue weighted by Gasteiger charge is 2.00. The molecule has 0 fully saturated rings. The highest BCUT2D eigenvalue weighted by molar-refractivity contribution is 4.58. The molecule has 12 heavy (non-hydrogen) atoms. The standard InChI is InChI=1S/C11H24N/c1-4-7-10-12(9-6-3)11-8-5-2/h3-11H2,1-2H3. The highest BCUT2D eigenvalue weighted by atomic mass is 15.1. The lowest BCUT2D eigenvalue weighted by Gasteiger charge is -2.20. The molecule has 0 aromatic carbocycles. The summed E-state index contributed by atoms with van der Waals surface area (Å²) in [6.07, 6.45) is 6.33. The van der Waals surface area contributed by atoms with Crippen LogP contribution in [0.3, 0.4) is 0 Å². The molecule has 73 valence electrons.